The molecule has 140 valence electrons. The Hall–Kier alpha value is -1.43. The predicted octanol–water partition coefficient (Wildman–Crippen LogP) is 2.87. The molecular weight excluding hydrogens is 314 g/mol. The van der Waals surface area contributed by atoms with E-state index in [1.54, 1.807) is 0 Å². The average Bonchev–Trinajstić information content (AvgIpc) is 2.65. The van der Waals surface area contributed by atoms with Crippen LogP contribution in [-0.4, -0.2) is 50.2 Å². The summed E-state index contributed by atoms with van der Waals surface area (Å²) in [6.45, 7) is 10.5. The minimum atomic E-state index is 0.0774. The summed E-state index contributed by atoms with van der Waals surface area (Å²) in [5.74, 6) is 0.816. The molecule has 2 N–H and O–H groups in total. The molecule has 1 aromatic carbocycles. The number of anilines is 1. The topological polar surface area (TPSA) is 53.6 Å². The molecular formula is C20H33N3O2. The largest absolute Gasteiger partial charge is 0.379 e. The lowest BCUT2D eigenvalue weighted by molar-refractivity contribution is -0.116. The van der Waals surface area contributed by atoms with Crippen LogP contribution in [0.3, 0.4) is 0 Å². The van der Waals surface area contributed by atoms with Gasteiger partial charge in [0.25, 0.3) is 0 Å². The second kappa shape index (κ2) is 11.2. The van der Waals surface area contributed by atoms with Crippen molar-refractivity contribution < 1.29 is 9.53 Å². The Morgan fingerprint density at radius 2 is 2.00 bits per heavy atom. The van der Waals surface area contributed by atoms with Crippen LogP contribution in [-0.2, 0) is 16.1 Å². The van der Waals surface area contributed by atoms with Crippen LogP contribution in [0.5, 0.6) is 0 Å². The van der Waals surface area contributed by atoms with Crippen molar-refractivity contribution in [1.29, 1.82) is 0 Å². The zero-order valence-electron chi connectivity index (χ0n) is 15.7. The summed E-state index contributed by atoms with van der Waals surface area (Å²) in [5, 5.41) is 6.54. The van der Waals surface area contributed by atoms with Crippen molar-refractivity contribution in [2.75, 3.05) is 44.7 Å². The molecule has 0 bridgehead atoms. The molecule has 5 nitrogen and oxygen atoms in total. The number of amides is 1. The van der Waals surface area contributed by atoms with Crippen molar-refractivity contribution in [2.24, 2.45) is 5.92 Å². The number of rotatable bonds is 10. The van der Waals surface area contributed by atoms with Gasteiger partial charge in [-0.15, -0.1) is 0 Å². The zero-order valence-corrected chi connectivity index (χ0v) is 15.7. The number of hydrogen-bond donors (Lipinski definition) is 2. The Morgan fingerprint density at radius 1 is 1.24 bits per heavy atom. The zero-order chi connectivity index (χ0) is 17.9. The third-order valence-corrected chi connectivity index (χ3v) is 4.89. The second-order valence-electron chi connectivity index (χ2n) is 6.77. The molecule has 1 saturated heterocycles. The summed E-state index contributed by atoms with van der Waals surface area (Å²) < 4.78 is 5.33. The molecule has 1 heterocycles. The van der Waals surface area contributed by atoms with Crippen molar-refractivity contribution >= 4 is 11.6 Å². The fraction of sp³-hybridized carbons (Fsp3) is 0.650. The summed E-state index contributed by atoms with van der Waals surface area (Å²) in [6, 6.07) is 8.12. The predicted molar refractivity (Wildman–Crippen MR) is 103 cm³/mol. The molecule has 1 fully saturated rings. The number of carbonyl (C=O) groups excluding carboxylic acids is 1. The molecule has 1 amide bonds. The molecule has 0 unspecified atom stereocenters. The van der Waals surface area contributed by atoms with E-state index in [2.05, 4.69) is 41.5 Å². The van der Waals surface area contributed by atoms with Gasteiger partial charge < -0.3 is 15.4 Å². The number of hydrogen-bond acceptors (Lipinski definition) is 4. The van der Waals surface area contributed by atoms with Crippen LogP contribution in [0.4, 0.5) is 5.69 Å². The molecule has 25 heavy (non-hydrogen) atoms. The first-order valence-electron chi connectivity index (χ1n) is 9.60. The molecule has 1 aromatic rings. The van der Waals surface area contributed by atoms with Gasteiger partial charge in [-0.3, -0.25) is 9.69 Å². The van der Waals surface area contributed by atoms with E-state index in [0.717, 1.165) is 57.5 Å². The Balaban J connectivity index is 1.73. The van der Waals surface area contributed by atoms with E-state index in [1.165, 1.54) is 18.4 Å². The van der Waals surface area contributed by atoms with Gasteiger partial charge in [-0.25, -0.2) is 0 Å². The molecule has 0 saturated carbocycles. The van der Waals surface area contributed by atoms with E-state index in [9.17, 15) is 4.79 Å². The van der Waals surface area contributed by atoms with Crippen LogP contribution in [0.25, 0.3) is 0 Å². The van der Waals surface area contributed by atoms with Crippen LogP contribution < -0.4 is 10.6 Å². The normalized spacial score (nSPS) is 15.5. The third-order valence-electron chi connectivity index (χ3n) is 4.89. The third kappa shape index (κ3) is 7.55. The maximum atomic E-state index is 12.2. The number of carbonyl (C=O) groups is 1. The van der Waals surface area contributed by atoms with E-state index < -0.39 is 0 Å². The quantitative estimate of drug-likeness (QED) is 0.683. The molecule has 0 atom stereocenters. The first-order valence-corrected chi connectivity index (χ1v) is 9.60. The van der Waals surface area contributed by atoms with Gasteiger partial charge in [-0.1, -0.05) is 38.8 Å². The second-order valence-corrected chi connectivity index (χ2v) is 6.77. The first-order chi connectivity index (χ1) is 12.2. The van der Waals surface area contributed by atoms with Crippen molar-refractivity contribution in [1.82, 2.24) is 10.2 Å². The molecule has 0 aromatic heterocycles. The summed E-state index contributed by atoms with van der Waals surface area (Å²) in [7, 11) is 0. The molecule has 5 heteroatoms. The minimum Gasteiger partial charge on any atom is -0.379 e. The highest BCUT2D eigenvalue weighted by atomic mass is 16.5. The monoisotopic (exact) mass is 347 g/mol. The Bertz CT molecular complexity index is 511. The Kier molecular flexibility index (Phi) is 8.94. The molecule has 1 aliphatic heterocycles. The molecule has 2 rings (SSSR count). The molecule has 1 aliphatic rings. The van der Waals surface area contributed by atoms with Gasteiger partial charge in [-0.05, 0) is 30.2 Å². The van der Waals surface area contributed by atoms with E-state index in [4.69, 9.17) is 4.74 Å². The maximum absolute atomic E-state index is 12.2. The van der Waals surface area contributed by atoms with Gasteiger partial charge in [0.1, 0.15) is 0 Å². The highest BCUT2D eigenvalue weighted by molar-refractivity contribution is 5.90. The fourth-order valence-electron chi connectivity index (χ4n) is 3.06. The van der Waals surface area contributed by atoms with Gasteiger partial charge in [0.05, 0.1) is 13.2 Å². The average molecular weight is 348 g/mol. The Labute approximate surface area is 152 Å². The summed E-state index contributed by atoms with van der Waals surface area (Å²) >= 11 is 0. The van der Waals surface area contributed by atoms with Crippen LogP contribution in [0.15, 0.2) is 24.3 Å². The Morgan fingerprint density at radius 3 is 2.72 bits per heavy atom. The molecule has 0 radical (unpaired) electrons. The van der Waals surface area contributed by atoms with E-state index in [1.807, 2.05) is 12.1 Å². The lowest BCUT2D eigenvalue weighted by Crippen LogP contribution is -2.38. The van der Waals surface area contributed by atoms with Crippen LogP contribution in [0, 0.1) is 5.92 Å². The van der Waals surface area contributed by atoms with Gasteiger partial charge in [0.15, 0.2) is 0 Å². The number of ether oxygens (including phenoxy) is 1. The van der Waals surface area contributed by atoms with E-state index >= 15 is 0 Å². The van der Waals surface area contributed by atoms with Crippen molar-refractivity contribution in [3.8, 4) is 0 Å². The number of nitrogens with zero attached hydrogens (tertiary/aromatic N) is 1. The highest BCUT2D eigenvalue weighted by Gasteiger charge is 2.12. The molecule has 0 spiro atoms. The lowest BCUT2D eigenvalue weighted by Gasteiger charge is -2.26. The maximum Gasteiger partial charge on any atom is 0.225 e. The van der Waals surface area contributed by atoms with E-state index in [-0.39, 0.29) is 5.91 Å². The standard InChI is InChI=1S/C20H33N3O2/c1-3-17(4-2)15-21-16-18-6-5-7-19(14-18)22-20(24)8-9-23-10-12-25-13-11-23/h5-7,14,17,21H,3-4,8-13,15-16H2,1-2H3,(H,22,24). The van der Waals surface area contributed by atoms with Crippen LogP contribution in [0.2, 0.25) is 0 Å². The first kappa shape index (κ1) is 19.9. The summed E-state index contributed by atoms with van der Waals surface area (Å²) in [6.07, 6.45) is 2.95. The fourth-order valence-corrected chi connectivity index (χ4v) is 3.06. The van der Waals surface area contributed by atoms with Crippen molar-refractivity contribution in [3.05, 3.63) is 29.8 Å². The van der Waals surface area contributed by atoms with E-state index in [0.29, 0.717) is 6.42 Å². The molecule has 0 aliphatic carbocycles. The SMILES string of the molecule is CCC(CC)CNCc1cccc(NC(=O)CCN2CCOCC2)c1. The van der Waals surface area contributed by atoms with Crippen LogP contribution >= 0.6 is 0 Å². The van der Waals surface area contributed by atoms with Gasteiger partial charge in [0, 0.05) is 38.3 Å². The van der Waals surface area contributed by atoms with Crippen LogP contribution in [0.1, 0.15) is 38.7 Å². The highest BCUT2D eigenvalue weighted by Crippen LogP contribution is 2.12. The summed E-state index contributed by atoms with van der Waals surface area (Å²) in [5.41, 5.74) is 2.09. The van der Waals surface area contributed by atoms with Crippen molar-refractivity contribution in [2.45, 2.75) is 39.7 Å². The van der Waals surface area contributed by atoms with Crippen molar-refractivity contribution in [3.63, 3.8) is 0 Å². The number of nitrogens with one attached hydrogen (secondary N) is 2. The van der Waals surface area contributed by atoms with Gasteiger partial charge in [-0.2, -0.15) is 0 Å². The van der Waals surface area contributed by atoms with Gasteiger partial charge >= 0.3 is 0 Å². The number of morpholine rings is 1. The summed E-state index contributed by atoms with van der Waals surface area (Å²) in [4.78, 5) is 14.4. The number of benzene rings is 1. The minimum absolute atomic E-state index is 0.0774. The lowest BCUT2D eigenvalue weighted by atomic mass is 10.0. The van der Waals surface area contributed by atoms with Gasteiger partial charge in [0.2, 0.25) is 5.91 Å². The smallest absolute Gasteiger partial charge is 0.225 e.